The largest absolute Gasteiger partial charge is 0.327 e. The van der Waals surface area contributed by atoms with Gasteiger partial charge in [-0.05, 0) is 24.3 Å². The summed E-state index contributed by atoms with van der Waals surface area (Å²) in [6.45, 7) is 0. The first-order chi connectivity index (χ1) is 10.7. The lowest BCUT2D eigenvalue weighted by molar-refractivity contribution is 0.103. The Morgan fingerprint density at radius 3 is 2.77 bits per heavy atom. The first-order valence-electron chi connectivity index (χ1n) is 6.62. The molecule has 0 aliphatic heterocycles. The van der Waals surface area contributed by atoms with Crippen LogP contribution in [0, 0.1) is 0 Å². The highest BCUT2D eigenvalue weighted by molar-refractivity contribution is 7.33. The number of anilines is 1. The molecule has 6 heteroatoms. The van der Waals surface area contributed by atoms with E-state index in [-0.39, 0.29) is 17.2 Å². The molecule has 0 spiro atoms. The van der Waals surface area contributed by atoms with Crippen molar-refractivity contribution in [3.05, 3.63) is 63.9 Å². The molecule has 0 aliphatic rings. The summed E-state index contributed by atoms with van der Waals surface area (Å²) >= 11 is 3.12. The van der Waals surface area contributed by atoms with Gasteiger partial charge in [0.2, 0.25) is 0 Å². The molecule has 4 aromatic rings. The topological polar surface area (TPSA) is 62.0 Å². The van der Waals surface area contributed by atoms with Crippen molar-refractivity contribution in [2.24, 2.45) is 0 Å². The normalized spacial score (nSPS) is 11.1. The number of hydrogen-bond acceptors (Lipinski definition) is 4. The number of nitrogens with one attached hydrogen (secondary N) is 2. The third-order valence-corrected chi connectivity index (χ3v) is 5.75. The fourth-order valence-corrected chi connectivity index (χ4v) is 4.74. The van der Waals surface area contributed by atoms with Crippen LogP contribution >= 0.6 is 22.7 Å². The summed E-state index contributed by atoms with van der Waals surface area (Å²) < 4.78 is 3.43. The molecule has 0 unspecified atom stereocenters. The molecule has 0 saturated heterocycles. The van der Waals surface area contributed by atoms with E-state index in [0.717, 1.165) is 9.40 Å². The van der Waals surface area contributed by atoms with Gasteiger partial charge in [0.25, 0.3) is 11.5 Å². The van der Waals surface area contributed by atoms with Crippen LogP contribution in [0.5, 0.6) is 0 Å². The highest BCUT2D eigenvalue weighted by atomic mass is 32.1. The zero-order chi connectivity index (χ0) is 15.1. The van der Waals surface area contributed by atoms with Gasteiger partial charge in [0.15, 0.2) is 0 Å². The van der Waals surface area contributed by atoms with Gasteiger partial charge in [0, 0.05) is 21.0 Å². The van der Waals surface area contributed by atoms with Crippen LogP contribution in [0.15, 0.2) is 53.5 Å². The molecule has 0 bridgehead atoms. The second kappa shape index (κ2) is 5.08. The van der Waals surface area contributed by atoms with Crippen molar-refractivity contribution >= 4 is 53.8 Å². The van der Waals surface area contributed by atoms with Crippen LogP contribution in [0.1, 0.15) is 9.67 Å². The molecule has 1 aromatic carbocycles. The van der Waals surface area contributed by atoms with Gasteiger partial charge in [-0.1, -0.05) is 18.2 Å². The summed E-state index contributed by atoms with van der Waals surface area (Å²) in [5, 5.41) is 3.83. The minimum atomic E-state index is -0.306. The Balaban J connectivity index is 1.73. The molecule has 4 nitrogen and oxygen atoms in total. The maximum Gasteiger partial charge on any atom is 0.271 e. The van der Waals surface area contributed by atoms with E-state index >= 15 is 0 Å². The summed E-state index contributed by atoms with van der Waals surface area (Å²) in [6, 6.07) is 13.3. The molecule has 22 heavy (non-hydrogen) atoms. The monoisotopic (exact) mass is 326 g/mol. The number of carbonyl (C=O) groups excluding carboxylic acids is 1. The molecule has 0 radical (unpaired) electrons. The zero-order valence-corrected chi connectivity index (χ0v) is 12.9. The Morgan fingerprint density at radius 2 is 1.91 bits per heavy atom. The fraction of sp³-hybridized carbons (Fsp3) is 0. The molecule has 3 aromatic heterocycles. The second-order valence-corrected chi connectivity index (χ2v) is 6.91. The third kappa shape index (κ3) is 2.13. The van der Waals surface area contributed by atoms with Crippen LogP contribution in [0.2, 0.25) is 0 Å². The molecule has 0 fully saturated rings. The van der Waals surface area contributed by atoms with Crippen LogP contribution in [0.3, 0.4) is 0 Å². The molecule has 0 atom stereocenters. The van der Waals surface area contributed by atoms with Gasteiger partial charge in [-0.3, -0.25) is 9.59 Å². The number of thiophene rings is 2. The van der Waals surface area contributed by atoms with E-state index < -0.39 is 0 Å². The summed E-state index contributed by atoms with van der Waals surface area (Å²) in [6.07, 6.45) is 1.53. The number of hydrogen-bond donors (Lipinski definition) is 2. The lowest BCUT2D eigenvalue weighted by Crippen LogP contribution is -2.18. The van der Waals surface area contributed by atoms with E-state index in [4.69, 9.17) is 0 Å². The summed E-state index contributed by atoms with van der Waals surface area (Å²) in [7, 11) is 0. The highest BCUT2D eigenvalue weighted by Crippen LogP contribution is 2.39. The first kappa shape index (κ1) is 13.2. The minimum absolute atomic E-state index is 0.255. The predicted octanol–water partition coefficient (Wildman–Crippen LogP) is 4.06. The number of H-pyrrole nitrogens is 1. The van der Waals surface area contributed by atoms with E-state index in [0.29, 0.717) is 4.88 Å². The van der Waals surface area contributed by atoms with Gasteiger partial charge in [0.05, 0.1) is 9.58 Å². The van der Waals surface area contributed by atoms with Gasteiger partial charge >= 0.3 is 0 Å². The van der Waals surface area contributed by atoms with Crippen molar-refractivity contribution in [3.63, 3.8) is 0 Å². The number of benzene rings is 1. The van der Waals surface area contributed by atoms with Crippen molar-refractivity contribution in [2.45, 2.75) is 0 Å². The predicted molar refractivity (Wildman–Crippen MR) is 92.2 cm³/mol. The van der Waals surface area contributed by atoms with E-state index in [9.17, 15) is 9.59 Å². The Labute approximate surface area is 133 Å². The standard InChI is InChI=1S/C16H10N2O2S2/c19-15-10(5-3-7-17-15)18-16(20)13-8-12-14(22-13)9-4-1-2-6-11(9)21-12/h1-8H,(H,17,19)(H,18,20). The maximum atomic E-state index is 12.3. The molecule has 0 saturated carbocycles. The van der Waals surface area contributed by atoms with Crippen molar-refractivity contribution in [1.82, 2.24) is 4.98 Å². The Morgan fingerprint density at radius 1 is 1.05 bits per heavy atom. The summed E-state index contributed by atoms with van der Waals surface area (Å²) in [5.74, 6) is -0.255. The molecule has 1 amide bonds. The average Bonchev–Trinajstić information content (AvgIpc) is 3.07. The minimum Gasteiger partial charge on any atom is -0.327 e. The number of amides is 1. The van der Waals surface area contributed by atoms with E-state index in [1.54, 1.807) is 23.5 Å². The van der Waals surface area contributed by atoms with E-state index in [1.165, 1.54) is 27.6 Å². The van der Waals surface area contributed by atoms with E-state index in [2.05, 4.69) is 22.4 Å². The number of rotatable bonds is 2. The molecule has 2 N–H and O–H groups in total. The second-order valence-electron chi connectivity index (χ2n) is 4.77. The lowest BCUT2D eigenvalue weighted by Gasteiger charge is -2.01. The number of fused-ring (bicyclic) bond motifs is 3. The average molecular weight is 326 g/mol. The Kier molecular flexibility index (Phi) is 3.06. The van der Waals surface area contributed by atoms with Crippen LogP contribution in [0.25, 0.3) is 19.5 Å². The van der Waals surface area contributed by atoms with Crippen LogP contribution in [0.4, 0.5) is 5.69 Å². The van der Waals surface area contributed by atoms with Gasteiger partial charge in [-0.25, -0.2) is 0 Å². The molecule has 0 aliphatic carbocycles. The van der Waals surface area contributed by atoms with Crippen molar-refractivity contribution in [2.75, 3.05) is 5.32 Å². The molecular formula is C16H10N2O2S2. The summed E-state index contributed by atoms with van der Waals surface area (Å²) in [5.41, 5.74) is -0.0474. The molecule has 108 valence electrons. The van der Waals surface area contributed by atoms with Gasteiger partial charge in [-0.2, -0.15) is 0 Å². The molecule has 3 heterocycles. The maximum absolute atomic E-state index is 12.3. The highest BCUT2D eigenvalue weighted by Gasteiger charge is 2.15. The van der Waals surface area contributed by atoms with Crippen LogP contribution in [-0.2, 0) is 0 Å². The number of carbonyl (C=O) groups is 1. The summed E-state index contributed by atoms with van der Waals surface area (Å²) in [4.78, 5) is 27.1. The molecule has 4 rings (SSSR count). The zero-order valence-electron chi connectivity index (χ0n) is 11.3. The third-order valence-electron chi connectivity index (χ3n) is 3.34. The SMILES string of the molecule is O=C(Nc1ccc[nH]c1=O)c1cc2sc3ccccc3c2s1. The fourth-order valence-electron chi connectivity index (χ4n) is 2.32. The van der Waals surface area contributed by atoms with Gasteiger partial charge in [-0.15, -0.1) is 22.7 Å². The van der Waals surface area contributed by atoms with Crippen molar-refractivity contribution in [1.29, 1.82) is 0 Å². The Bertz CT molecular complexity index is 1060. The Hall–Kier alpha value is -2.44. The van der Waals surface area contributed by atoms with Gasteiger partial charge < -0.3 is 10.3 Å². The van der Waals surface area contributed by atoms with Crippen LogP contribution < -0.4 is 10.9 Å². The first-order valence-corrected chi connectivity index (χ1v) is 8.26. The van der Waals surface area contributed by atoms with E-state index in [1.807, 2.05) is 18.2 Å². The van der Waals surface area contributed by atoms with Crippen molar-refractivity contribution < 1.29 is 4.79 Å². The van der Waals surface area contributed by atoms with Crippen LogP contribution in [-0.4, -0.2) is 10.9 Å². The lowest BCUT2D eigenvalue weighted by atomic mass is 10.2. The number of aromatic amines is 1. The van der Waals surface area contributed by atoms with Gasteiger partial charge in [0.1, 0.15) is 5.69 Å². The smallest absolute Gasteiger partial charge is 0.271 e. The number of aromatic nitrogens is 1. The van der Waals surface area contributed by atoms with Crippen molar-refractivity contribution in [3.8, 4) is 0 Å². The quantitative estimate of drug-likeness (QED) is 0.583. The number of pyridine rings is 1. The molecular weight excluding hydrogens is 316 g/mol.